The quantitative estimate of drug-likeness (QED) is 0.344. The molecule has 2 aromatic heterocycles. The Labute approximate surface area is 170 Å². The topological polar surface area (TPSA) is 52.0 Å². The van der Waals surface area contributed by atoms with E-state index in [4.69, 9.17) is 16.6 Å². The van der Waals surface area contributed by atoms with Gasteiger partial charge in [0.1, 0.15) is 4.83 Å². The maximum Gasteiger partial charge on any atom is 0.262 e. The van der Waals surface area contributed by atoms with Crippen LogP contribution in [0.1, 0.15) is 40.6 Å². The smallest absolute Gasteiger partial charge is 0.262 e. The summed E-state index contributed by atoms with van der Waals surface area (Å²) >= 11 is 8.86. The summed E-state index contributed by atoms with van der Waals surface area (Å²) in [5.74, 6) is -0.00325. The zero-order valence-electron chi connectivity index (χ0n) is 15.1. The molecule has 7 heteroatoms. The van der Waals surface area contributed by atoms with Crippen molar-refractivity contribution in [1.82, 2.24) is 9.55 Å². The van der Waals surface area contributed by atoms with Gasteiger partial charge in [-0.3, -0.25) is 14.2 Å². The van der Waals surface area contributed by atoms with Crippen molar-refractivity contribution in [3.8, 4) is 0 Å². The third-order valence-electron chi connectivity index (χ3n) is 4.94. The van der Waals surface area contributed by atoms with E-state index in [-0.39, 0.29) is 16.6 Å². The highest BCUT2D eigenvalue weighted by Gasteiger charge is 2.23. The molecule has 0 fully saturated rings. The van der Waals surface area contributed by atoms with Gasteiger partial charge in [-0.1, -0.05) is 23.4 Å². The number of halogens is 1. The summed E-state index contributed by atoms with van der Waals surface area (Å²) in [6.45, 7) is 1.84. The van der Waals surface area contributed by atoms with Crippen molar-refractivity contribution >= 4 is 50.7 Å². The lowest BCUT2D eigenvalue weighted by molar-refractivity contribution is 0.0994. The van der Waals surface area contributed by atoms with E-state index in [1.165, 1.54) is 28.6 Å². The van der Waals surface area contributed by atoms with E-state index in [0.717, 1.165) is 29.5 Å². The van der Waals surface area contributed by atoms with Crippen LogP contribution in [0.3, 0.4) is 0 Å². The molecule has 1 aliphatic rings. The monoisotopic (exact) mass is 418 g/mol. The molecule has 0 amide bonds. The Hall–Kier alpha value is -1.63. The molecule has 0 spiro atoms. The predicted molar refractivity (Wildman–Crippen MR) is 113 cm³/mol. The van der Waals surface area contributed by atoms with Crippen LogP contribution in [-0.4, -0.2) is 20.6 Å². The second-order valence-corrected chi connectivity index (χ2v) is 9.61. The van der Waals surface area contributed by atoms with E-state index in [2.05, 4.69) is 0 Å². The van der Waals surface area contributed by atoms with Crippen LogP contribution in [0.15, 0.2) is 34.2 Å². The minimum Gasteiger partial charge on any atom is -0.293 e. The molecule has 4 nitrogen and oxygen atoms in total. The Balaban J connectivity index is 1.67. The van der Waals surface area contributed by atoms with Crippen LogP contribution in [0.25, 0.3) is 10.2 Å². The third kappa shape index (κ3) is 3.46. The van der Waals surface area contributed by atoms with Gasteiger partial charge in [-0.05, 0) is 62.4 Å². The molecule has 0 bridgehead atoms. The summed E-state index contributed by atoms with van der Waals surface area (Å²) in [7, 11) is 1.74. The first-order valence-corrected chi connectivity index (χ1v) is 11.0. The lowest BCUT2D eigenvalue weighted by atomic mass is 9.97. The number of fused-ring (bicyclic) bond motifs is 3. The standard InChI is InChI=1S/C20H19ClN2O2S2/c1-11(17(24)12-7-9-13(21)10-8-12)26-20-22-18-16(19(25)23(20)2)14-5-3-4-6-15(14)27-18/h7-11H,3-6H2,1-2H3/t11-/m0/s1. The van der Waals surface area contributed by atoms with Gasteiger partial charge in [0, 0.05) is 22.5 Å². The van der Waals surface area contributed by atoms with Crippen molar-refractivity contribution in [3.05, 3.63) is 55.6 Å². The first-order valence-electron chi connectivity index (χ1n) is 8.93. The lowest BCUT2D eigenvalue weighted by Gasteiger charge is -2.13. The molecule has 0 N–H and O–H groups in total. The second kappa shape index (κ2) is 7.41. The first kappa shape index (κ1) is 18.7. The highest BCUT2D eigenvalue weighted by Crippen LogP contribution is 2.35. The number of thioether (sulfide) groups is 1. The minimum atomic E-state index is -0.351. The molecular formula is C20H19ClN2O2S2. The van der Waals surface area contributed by atoms with Crippen LogP contribution in [0.4, 0.5) is 0 Å². The Morgan fingerprint density at radius 3 is 2.70 bits per heavy atom. The normalized spacial score (nSPS) is 14.9. The molecule has 27 heavy (non-hydrogen) atoms. The summed E-state index contributed by atoms with van der Waals surface area (Å²) in [6, 6.07) is 6.88. The average molecular weight is 419 g/mol. The van der Waals surface area contributed by atoms with Gasteiger partial charge in [0.2, 0.25) is 0 Å². The van der Waals surface area contributed by atoms with Crippen molar-refractivity contribution in [1.29, 1.82) is 0 Å². The van der Waals surface area contributed by atoms with Crippen molar-refractivity contribution in [3.63, 3.8) is 0 Å². The van der Waals surface area contributed by atoms with Crippen molar-refractivity contribution in [2.45, 2.75) is 43.0 Å². The van der Waals surface area contributed by atoms with Gasteiger partial charge in [-0.15, -0.1) is 11.3 Å². The molecule has 3 aromatic rings. The highest BCUT2D eigenvalue weighted by molar-refractivity contribution is 8.00. The second-order valence-electron chi connectivity index (χ2n) is 6.78. The van der Waals surface area contributed by atoms with Crippen LogP contribution < -0.4 is 5.56 Å². The Kier molecular flexibility index (Phi) is 5.14. The Morgan fingerprint density at radius 2 is 1.96 bits per heavy atom. The van der Waals surface area contributed by atoms with Crippen LogP contribution in [0.5, 0.6) is 0 Å². The number of rotatable bonds is 4. The van der Waals surface area contributed by atoms with Crippen LogP contribution in [0.2, 0.25) is 5.02 Å². The molecule has 0 saturated carbocycles. The zero-order valence-corrected chi connectivity index (χ0v) is 17.5. The van der Waals surface area contributed by atoms with Crippen LogP contribution >= 0.6 is 34.7 Å². The van der Waals surface area contributed by atoms with Gasteiger partial charge in [0.25, 0.3) is 5.56 Å². The van der Waals surface area contributed by atoms with Crippen molar-refractivity contribution in [2.24, 2.45) is 7.05 Å². The van der Waals surface area contributed by atoms with Crippen LogP contribution in [0, 0.1) is 0 Å². The molecule has 2 heterocycles. The molecule has 1 aliphatic carbocycles. The summed E-state index contributed by atoms with van der Waals surface area (Å²) in [6.07, 6.45) is 4.30. The third-order valence-corrected chi connectivity index (χ3v) is 7.52. The summed E-state index contributed by atoms with van der Waals surface area (Å²) in [5, 5.41) is 1.61. The first-order chi connectivity index (χ1) is 13.0. The molecule has 0 unspecified atom stereocenters. The number of aromatic nitrogens is 2. The predicted octanol–water partition coefficient (Wildman–Crippen LogP) is 4.89. The number of nitrogens with zero attached hydrogens (tertiary/aromatic N) is 2. The van der Waals surface area contributed by atoms with Gasteiger partial charge in [0.15, 0.2) is 10.9 Å². The highest BCUT2D eigenvalue weighted by atomic mass is 35.5. The fourth-order valence-electron chi connectivity index (χ4n) is 3.43. The molecule has 0 radical (unpaired) electrons. The number of carbonyl (C=O) groups is 1. The van der Waals surface area contributed by atoms with Gasteiger partial charge >= 0.3 is 0 Å². The number of benzene rings is 1. The maximum absolute atomic E-state index is 13.0. The number of ketones is 1. The van der Waals surface area contributed by atoms with Gasteiger partial charge in [-0.25, -0.2) is 4.98 Å². The SMILES string of the molecule is C[C@H](Sc1nc2sc3c(c2c(=O)n1C)CCCC3)C(=O)c1ccc(Cl)cc1. The Bertz CT molecular complexity index is 1090. The average Bonchev–Trinajstić information content (AvgIpc) is 3.04. The number of hydrogen-bond donors (Lipinski definition) is 0. The molecule has 1 aromatic carbocycles. The number of aryl methyl sites for hydroxylation is 2. The van der Waals surface area contributed by atoms with Gasteiger partial charge in [0.05, 0.1) is 10.6 Å². The van der Waals surface area contributed by atoms with E-state index in [1.54, 1.807) is 47.2 Å². The van der Waals surface area contributed by atoms with Crippen molar-refractivity contribution in [2.75, 3.05) is 0 Å². The fraction of sp³-hybridized carbons (Fsp3) is 0.350. The van der Waals surface area contributed by atoms with E-state index < -0.39 is 0 Å². The van der Waals surface area contributed by atoms with Crippen molar-refractivity contribution < 1.29 is 4.79 Å². The Morgan fingerprint density at radius 1 is 1.26 bits per heavy atom. The van der Waals surface area contributed by atoms with Crippen LogP contribution in [-0.2, 0) is 19.9 Å². The lowest BCUT2D eigenvalue weighted by Crippen LogP contribution is -2.22. The minimum absolute atomic E-state index is 0.00325. The number of Topliss-reactive ketones (excluding diaryl/α,β-unsaturated/α-hetero) is 1. The van der Waals surface area contributed by atoms with E-state index >= 15 is 0 Å². The molecule has 0 aliphatic heterocycles. The number of carbonyl (C=O) groups excluding carboxylic acids is 1. The molecule has 140 valence electrons. The largest absolute Gasteiger partial charge is 0.293 e. The van der Waals surface area contributed by atoms with Gasteiger partial charge < -0.3 is 0 Å². The fourth-order valence-corrected chi connectivity index (χ4v) is 5.81. The molecular weight excluding hydrogens is 400 g/mol. The van der Waals surface area contributed by atoms with E-state index in [1.807, 2.05) is 6.92 Å². The molecule has 0 saturated heterocycles. The molecule has 1 atom stereocenters. The summed E-state index contributed by atoms with van der Waals surface area (Å²) < 4.78 is 1.58. The van der Waals surface area contributed by atoms with Gasteiger partial charge in [-0.2, -0.15) is 0 Å². The zero-order chi connectivity index (χ0) is 19.1. The van der Waals surface area contributed by atoms with E-state index in [9.17, 15) is 9.59 Å². The number of hydrogen-bond acceptors (Lipinski definition) is 5. The van der Waals surface area contributed by atoms with E-state index in [0.29, 0.717) is 15.7 Å². The number of thiophene rings is 1. The molecule has 4 rings (SSSR count). The summed E-state index contributed by atoms with van der Waals surface area (Å²) in [4.78, 5) is 32.5. The summed E-state index contributed by atoms with van der Waals surface area (Å²) in [5.41, 5.74) is 1.79. The maximum atomic E-state index is 13.0.